The van der Waals surface area contributed by atoms with E-state index in [4.69, 9.17) is 21.7 Å². The number of pyridine rings is 1. The Bertz CT molecular complexity index is 881. The van der Waals surface area contributed by atoms with Crippen LogP contribution in [0.25, 0.3) is 6.08 Å². The normalized spacial score (nSPS) is 14.0. The van der Waals surface area contributed by atoms with Crippen LogP contribution in [0.4, 0.5) is 5.82 Å². The van der Waals surface area contributed by atoms with E-state index in [1.54, 1.807) is 32.4 Å². The number of aromatic nitrogens is 1. The molecule has 1 saturated heterocycles. The molecule has 1 aromatic heterocycles. The molecule has 1 aromatic carbocycles. The minimum atomic E-state index is -0.261. The van der Waals surface area contributed by atoms with Crippen LogP contribution in [0.15, 0.2) is 48.7 Å². The molecule has 0 atom stereocenters. The maximum absolute atomic E-state index is 12.2. The number of carbonyl (C=O) groups is 1. The molecule has 1 amide bonds. The Balaban J connectivity index is 1.51. The first-order valence-electron chi connectivity index (χ1n) is 9.32. The second kappa shape index (κ2) is 9.88. The van der Waals surface area contributed by atoms with Gasteiger partial charge in [-0.15, -0.1) is 0 Å². The van der Waals surface area contributed by atoms with Crippen LogP contribution in [0.5, 0.6) is 11.5 Å². The third kappa shape index (κ3) is 5.45. The molecule has 2 heterocycles. The van der Waals surface area contributed by atoms with Gasteiger partial charge in [0.2, 0.25) is 5.91 Å². The minimum absolute atomic E-state index is 0.261. The molecule has 1 aliphatic heterocycles. The number of thiocarbonyl (C=S) groups is 1. The molecule has 0 unspecified atom stereocenters. The molecule has 0 spiro atoms. The lowest BCUT2D eigenvalue weighted by molar-refractivity contribution is -0.364. The average molecular weight is 414 g/mol. The fourth-order valence-electron chi connectivity index (χ4n) is 3.09. The van der Waals surface area contributed by atoms with Crippen molar-refractivity contribution >= 4 is 35.1 Å². The lowest BCUT2D eigenvalue weighted by Crippen LogP contribution is -2.53. The Morgan fingerprint density at radius 2 is 1.86 bits per heavy atom. The van der Waals surface area contributed by atoms with Gasteiger partial charge in [0.15, 0.2) is 16.6 Å². The summed E-state index contributed by atoms with van der Waals surface area (Å²) in [6.07, 6.45) is 5.09. The molecule has 1 aliphatic rings. The summed E-state index contributed by atoms with van der Waals surface area (Å²) in [6, 6.07) is 11.5. The fraction of sp³-hybridized carbons (Fsp3) is 0.286. The molecule has 0 saturated carbocycles. The van der Waals surface area contributed by atoms with Crippen molar-refractivity contribution in [3.05, 3.63) is 54.2 Å². The van der Waals surface area contributed by atoms with E-state index in [9.17, 15) is 4.79 Å². The number of hydrogen-bond acceptors (Lipinski definition) is 5. The lowest BCUT2D eigenvalue weighted by Gasteiger charge is -2.32. The van der Waals surface area contributed by atoms with E-state index in [0.717, 1.165) is 37.6 Å². The number of anilines is 1. The lowest BCUT2D eigenvalue weighted by atomic mass is 10.2. The first-order valence-corrected chi connectivity index (χ1v) is 9.73. The number of aromatic amines is 1. The first kappa shape index (κ1) is 20.6. The zero-order valence-electron chi connectivity index (χ0n) is 16.6. The van der Waals surface area contributed by atoms with Crippen molar-refractivity contribution in [1.82, 2.24) is 10.2 Å². The number of amides is 1. The van der Waals surface area contributed by atoms with Crippen LogP contribution in [0.3, 0.4) is 0 Å². The summed E-state index contributed by atoms with van der Waals surface area (Å²) in [7, 11) is 3.16. The van der Waals surface area contributed by atoms with Gasteiger partial charge in [-0.1, -0.05) is 12.1 Å². The van der Waals surface area contributed by atoms with Crippen molar-refractivity contribution < 1.29 is 19.3 Å². The van der Waals surface area contributed by atoms with Gasteiger partial charge in [0.1, 0.15) is 13.1 Å². The first-order chi connectivity index (χ1) is 14.1. The van der Waals surface area contributed by atoms with Crippen LogP contribution in [0.1, 0.15) is 5.56 Å². The van der Waals surface area contributed by atoms with Crippen LogP contribution >= 0.6 is 12.2 Å². The van der Waals surface area contributed by atoms with Gasteiger partial charge in [-0.2, -0.15) is 0 Å². The van der Waals surface area contributed by atoms with Crippen LogP contribution < -0.4 is 24.7 Å². The van der Waals surface area contributed by atoms with E-state index in [2.05, 4.69) is 21.3 Å². The molecular weight excluding hydrogens is 388 g/mol. The molecular formula is C21H25N4O3S+. The topological polar surface area (TPSA) is 68.2 Å². The van der Waals surface area contributed by atoms with Gasteiger partial charge in [-0.05, 0) is 42.1 Å². The third-order valence-corrected chi connectivity index (χ3v) is 5.03. The molecule has 1 fully saturated rings. The Hall–Kier alpha value is -3.13. The zero-order chi connectivity index (χ0) is 20.6. The monoisotopic (exact) mass is 413 g/mol. The Morgan fingerprint density at radius 3 is 2.52 bits per heavy atom. The predicted octanol–water partition coefficient (Wildman–Crippen LogP) is 1.75. The zero-order valence-corrected chi connectivity index (χ0v) is 17.4. The highest BCUT2D eigenvalue weighted by molar-refractivity contribution is 7.80. The second-order valence-electron chi connectivity index (χ2n) is 6.46. The molecule has 3 rings (SSSR count). The van der Waals surface area contributed by atoms with Crippen LogP contribution in [-0.4, -0.2) is 56.3 Å². The van der Waals surface area contributed by atoms with E-state index in [0.29, 0.717) is 16.6 Å². The van der Waals surface area contributed by atoms with Gasteiger partial charge in [0.25, 0.3) is 5.82 Å². The number of carbonyl (C=O) groups excluding carboxylic acids is 1. The van der Waals surface area contributed by atoms with Crippen molar-refractivity contribution in [2.75, 3.05) is 45.3 Å². The smallest absolute Gasteiger partial charge is 0.274 e. The highest BCUT2D eigenvalue weighted by Gasteiger charge is 2.24. The summed E-state index contributed by atoms with van der Waals surface area (Å²) in [5.41, 5.74) is 0.830. The van der Waals surface area contributed by atoms with Crippen molar-refractivity contribution in [2.45, 2.75) is 0 Å². The number of hydrogen-bond donors (Lipinski definition) is 1. The van der Waals surface area contributed by atoms with Crippen molar-refractivity contribution in [3.8, 4) is 11.5 Å². The molecule has 152 valence electrons. The SMILES string of the molecule is COc1ccc(/C=C/C(=O)NC(=S)N2CCN(c3cccc[nH+]3)CC2)cc1OC. The van der Waals surface area contributed by atoms with E-state index >= 15 is 0 Å². The Kier molecular flexibility index (Phi) is 7.02. The minimum Gasteiger partial charge on any atom is -0.493 e. The predicted molar refractivity (Wildman–Crippen MR) is 116 cm³/mol. The Labute approximate surface area is 175 Å². The van der Waals surface area contributed by atoms with Crippen molar-refractivity contribution in [1.29, 1.82) is 0 Å². The molecule has 0 aliphatic carbocycles. The summed E-state index contributed by atoms with van der Waals surface area (Å²) in [4.78, 5) is 19.8. The Morgan fingerprint density at radius 1 is 1.10 bits per heavy atom. The van der Waals surface area contributed by atoms with E-state index < -0.39 is 0 Å². The standard InChI is InChI=1S/C21H24N4O3S/c1-27-17-8-6-16(15-18(17)28-2)7-9-20(26)23-21(29)25-13-11-24(12-14-25)19-5-3-4-10-22-19/h3-10,15H,11-14H2,1-2H3,(H,23,26,29)/p+1/b9-7+. The van der Waals surface area contributed by atoms with Gasteiger partial charge < -0.3 is 14.4 Å². The summed E-state index contributed by atoms with van der Waals surface area (Å²) in [5, 5.41) is 3.22. The van der Waals surface area contributed by atoms with Gasteiger partial charge in [-0.25, -0.2) is 4.98 Å². The number of piperazine rings is 1. The maximum atomic E-state index is 12.2. The van der Waals surface area contributed by atoms with Gasteiger partial charge in [0, 0.05) is 12.1 Å². The number of benzene rings is 1. The number of rotatable bonds is 5. The van der Waals surface area contributed by atoms with Gasteiger partial charge in [-0.3, -0.25) is 15.0 Å². The number of nitrogens with one attached hydrogen (secondary N) is 2. The van der Waals surface area contributed by atoms with E-state index in [-0.39, 0.29) is 5.91 Å². The highest BCUT2D eigenvalue weighted by Crippen LogP contribution is 2.27. The van der Waals surface area contributed by atoms with Crippen LogP contribution in [0.2, 0.25) is 0 Å². The fourth-order valence-corrected chi connectivity index (χ4v) is 3.37. The number of ether oxygens (including phenoxy) is 2. The number of H-pyrrole nitrogens is 1. The molecule has 7 nitrogen and oxygen atoms in total. The molecule has 8 heteroatoms. The van der Waals surface area contributed by atoms with Crippen LogP contribution in [0, 0.1) is 0 Å². The van der Waals surface area contributed by atoms with Gasteiger partial charge in [0.05, 0.1) is 33.5 Å². The molecule has 29 heavy (non-hydrogen) atoms. The molecule has 2 N–H and O–H groups in total. The van der Waals surface area contributed by atoms with Gasteiger partial charge >= 0.3 is 0 Å². The molecule has 0 radical (unpaired) electrons. The summed E-state index contributed by atoms with van der Waals surface area (Å²) >= 11 is 5.41. The largest absolute Gasteiger partial charge is 0.493 e. The summed E-state index contributed by atoms with van der Waals surface area (Å²) in [5.74, 6) is 2.07. The third-order valence-electron chi connectivity index (χ3n) is 4.67. The van der Waals surface area contributed by atoms with Crippen molar-refractivity contribution in [2.24, 2.45) is 0 Å². The molecule has 2 aromatic rings. The van der Waals surface area contributed by atoms with E-state index in [1.165, 1.54) is 6.08 Å². The summed E-state index contributed by atoms with van der Waals surface area (Å²) in [6.45, 7) is 3.17. The van der Waals surface area contributed by atoms with Crippen molar-refractivity contribution in [3.63, 3.8) is 0 Å². The number of methoxy groups -OCH3 is 2. The average Bonchev–Trinajstić information content (AvgIpc) is 2.78. The highest BCUT2D eigenvalue weighted by atomic mass is 32.1. The van der Waals surface area contributed by atoms with Crippen LogP contribution in [-0.2, 0) is 4.79 Å². The quantitative estimate of drug-likeness (QED) is 0.595. The second-order valence-corrected chi connectivity index (χ2v) is 6.85. The van der Waals surface area contributed by atoms with E-state index in [1.807, 2.05) is 29.3 Å². The molecule has 0 bridgehead atoms. The maximum Gasteiger partial charge on any atom is 0.274 e. The number of nitrogens with zero attached hydrogens (tertiary/aromatic N) is 2. The summed E-state index contributed by atoms with van der Waals surface area (Å²) < 4.78 is 10.5.